The van der Waals surface area contributed by atoms with E-state index < -0.39 is 0 Å². The molecule has 0 bridgehead atoms. The maximum Gasteiger partial charge on any atom is 0.270 e. The number of amides is 1. The molecule has 0 unspecified atom stereocenters. The lowest BCUT2D eigenvalue weighted by molar-refractivity contribution is 0.0949. The van der Waals surface area contributed by atoms with Gasteiger partial charge in [-0.15, -0.1) is 0 Å². The van der Waals surface area contributed by atoms with E-state index >= 15 is 0 Å². The molecule has 0 saturated carbocycles. The van der Waals surface area contributed by atoms with Gasteiger partial charge in [0.1, 0.15) is 17.3 Å². The second-order valence-corrected chi connectivity index (χ2v) is 6.30. The van der Waals surface area contributed by atoms with Gasteiger partial charge in [-0.05, 0) is 48.7 Å². The van der Waals surface area contributed by atoms with Gasteiger partial charge in [0, 0.05) is 18.8 Å². The highest BCUT2D eigenvalue weighted by Crippen LogP contribution is 2.09. The van der Waals surface area contributed by atoms with Crippen LogP contribution in [0.5, 0.6) is 0 Å². The van der Waals surface area contributed by atoms with Crippen LogP contribution in [0.3, 0.4) is 0 Å². The number of hydrogen-bond acceptors (Lipinski definition) is 4. The van der Waals surface area contributed by atoms with Crippen molar-refractivity contribution in [2.45, 2.75) is 19.9 Å². The molecule has 2 aromatic carbocycles. The zero-order valence-corrected chi connectivity index (χ0v) is 15.4. The Balaban J connectivity index is 1.59. The molecule has 1 aromatic heterocycles. The first kappa shape index (κ1) is 19.4. The summed E-state index contributed by atoms with van der Waals surface area (Å²) < 4.78 is 26.6. The topological polar surface area (TPSA) is 66.9 Å². The van der Waals surface area contributed by atoms with Crippen molar-refractivity contribution in [3.05, 3.63) is 88.7 Å². The van der Waals surface area contributed by atoms with Gasteiger partial charge in [-0.2, -0.15) is 0 Å². The summed E-state index contributed by atoms with van der Waals surface area (Å²) >= 11 is 0. The van der Waals surface area contributed by atoms with Gasteiger partial charge >= 0.3 is 0 Å². The van der Waals surface area contributed by atoms with Crippen molar-refractivity contribution in [1.82, 2.24) is 15.3 Å². The highest BCUT2D eigenvalue weighted by Gasteiger charge is 2.11. The van der Waals surface area contributed by atoms with Crippen molar-refractivity contribution < 1.29 is 13.6 Å². The highest BCUT2D eigenvalue weighted by atomic mass is 19.1. The molecule has 2 N–H and O–H groups in total. The van der Waals surface area contributed by atoms with Crippen LogP contribution in [0.15, 0.2) is 54.6 Å². The van der Waals surface area contributed by atoms with Gasteiger partial charge < -0.3 is 10.6 Å². The fourth-order valence-electron chi connectivity index (χ4n) is 2.65. The summed E-state index contributed by atoms with van der Waals surface area (Å²) in [4.78, 5) is 20.9. The van der Waals surface area contributed by atoms with E-state index in [4.69, 9.17) is 0 Å². The van der Waals surface area contributed by atoms with Crippen molar-refractivity contribution >= 4 is 11.9 Å². The predicted molar refractivity (Wildman–Crippen MR) is 103 cm³/mol. The van der Waals surface area contributed by atoms with E-state index in [2.05, 4.69) is 20.6 Å². The van der Waals surface area contributed by atoms with E-state index in [0.717, 1.165) is 5.56 Å². The number of halogens is 2. The van der Waals surface area contributed by atoms with Crippen LogP contribution < -0.4 is 10.6 Å². The van der Waals surface area contributed by atoms with Crippen LogP contribution in [0.25, 0.3) is 0 Å². The van der Waals surface area contributed by atoms with Gasteiger partial charge in [0.05, 0.1) is 0 Å². The summed E-state index contributed by atoms with van der Waals surface area (Å²) in [5.74, 6) is -0.637. The molecule has 0 saturated heterocycles. The predicted octanol–water partition coefficient (Wildman–Crippen LogP) is 3.65. The maximum absolute atomic E-state index is 13.6. The van der Waals surface area contributed by atoms with Crippen LogP contribution in [0.1, 0.15) is 27.3 Å². The van der Waals surface area contributed by atoms with E-state index in [-0.39, 0.29) is 23.2 Å². The number of nitrogens with one attached hydrogen (secondary N) is 2. The van der Waals surface area contributed by atoms with Crippen LogP contribution in [0.4, 0.5) is 14.7 Å². The minimum Gasteiger partial charge on any atom is -0.350 e. The molecular formula is C21H20F2N4O. The SMILES string of the molecule is Cc1cc(C(=O)NCCc2ccccc2F)nc(NCc2ccc(F)cc2)n1. The number of nitrogens with zero attached hydrogens (tertiary/aromatic N) is 2. The molecular weight excluding hydrogens is 362 g/mol. The smallest absolute Gasteiger partial charge is 0.270 e. The molecule has 0 radical (unpaired) electrons. The molecule has 0 atom stereocenters. The third kappa shape index (κ3) is 5.33. The Morgan fingerprint density at radius 1 is 1.04 bits per heavy atom. The van der Waals surface area contributed by atoms with E-state index in [1.54, 1.807) is 43.3 Å². The highest BCUT2D eigenvalue weighted by molar-refractivity contribution is 5.92. The lowest BCUT2D eigenvalue weighted by Gasteiger charge is -2.09. The summed E-state index contributed by atoms with van der Waals surface area (Å²) in [6.07, 6.45) is 0.387. The molecule has 3 aromatic rings. The summed E-state index contributed by atoms with van der Waals surface area (Å²) in [5.41, 5.74) is 2.27. The Bertz CT molecular complexity index is 961. The lowest BCUT2D eigenvalue weighted by Crippen LogP contribution is -2.27. The number of benzene rings is 2. The number of hydrogen-bond donors (Lipinski definition) is 2. The number of aromatic nitrogens is 2. The van der Waals surface area contributed by atoms with Crippen molar-refractivity contribution in [3.63, 3.8) is 0 Å². The number of carbonyl (C=O) groups excluding carboxylic acids is 1. The molecule has 1 amide bonds. The molecule has 7 heteroatoms. The maximum atomic E-state index is 13.6. The van der Waals surface area contributed by atoms with Crippen molar-refractivity contribution in [1.29, 1.82) is 0 Å². The van der Waals surface area contributed by atoms with E-state index in [1.165, 1.54) is 18.2 Å². The van der Waals surface area contributed by atoms with Crippen molar-refractivity contribution in [2.75, 3.05) is 11.9 Å². The Morgan fingerprint density at radius 3 is 2.54 bits per heavy atom. The van der Waals surface area contributed by atoms with Crippen LogP contribution in [0, 0.1) is 18.6 Å². The second-order valence-electron chi connectivity index (χ2n) is 6.30. The summed E-state index contributed by atoms with van der Waals surface area (Å²) in [6, 6.07) is 14.1. The quantitative estimate of drug-likeness (QED) is 0.655. The van der Waals surface area contributed by atoms with Gasteiger partial charge in [0.15, 0.2) is 0 Å². The third-order valence-corrected chi connectivity index (χ3v) is 4.09. The second kappa shape index (κ2) is 9.03. The normalized spacial score (nSPS) is 10.5. The standard InChI is InChI=1S/C21H20F2N4O/c1-14-12-19(20(28)24-11-10-16-4-2-3-5-18(16)23)27-21(26-14)25-13-15-6-8-17(22)9-7-15/h2-9,12H,10-11,13H2,1H3,(H,24,28)(H,25,26,27). The average molecular weight is 382 g/mol. The summed E-state index contributed by atoms with van der Waals surface area (Å²) in [5, 5.41) is 5.78. The molecule has 144 valence electrons. The fourth-order valence-corrected chi connectivity index (χ4v) is 2.65. The van der Waals surface area contributed by atoms with Gasteiger partial charge in [0.25, 0.3) is 5.91 Å². The minimum atomic E-state index is -0.355. The largest absolute Gasteiger partial charge is 0.350 e. The van der Waals surface area contributed by atoms with E-state index in [1.807, 2.05) is 0 Å². The third-order valence-electron chi connectivity index (χ3n) is 4.09. The minimum absolute atomic E-state index is 0.225. The molecule has 0 fully saturated rings. The summed E-state index contributed by atoms with van der Waals surface area (Å²) in [7, 11) is 0. The van der Waals surface area contributed by atoms with Gasteiger partial charge in [-0.25, -0.2) is 18.7 Å². The number of anilines is 1. The first-order chi connectivity index (χ1) is 13.5. The van der Waals surface area contributed by atoms with E-state index in [0.29, 0.717) is 36.7 Å². The van der Waals surface area contributed by atoms with E-state index in [9.17, 15) is 13.6 Å². The monoisotopic (exact) mass is 382 g/mol. The molecule has 1 heterocycles. The average Bonchev–Trinajstić information content (AvgIpc) is 2.68. The first-order valence-corrected chi connectivity index (χ1v) is 8.87. The van der Waals surface area contributed by atoms with Gasteiger partial charge in [-0.1, -0.05) is 30.3 Å². The fraction of sp³-hybridized carbons (Fsp3) is 0.190. The van der Waals surface area contributed by atoms with Crippen LogP contribution in [0.2, 0.25) is 0 Å². The Labute approximate surface area is 161 Å². The van der Waals surface area contributed by atoms with Crippen molar-refractivity contribution in [3.8, 4) is 0 Å². The van der Waals surface area contributed by atoms with Crippen molar-refractivity contribution in [2.24, 2.45) is 0 Å². The lowest BCUT2D eigenvalue weighted by atomic mass is 10.1. The Morgan fingerprint density at radius 2 is 1.79 bits per heavy atom. The summed E-state index contributed by atoms with van der Waals surface area (Å²) in [6.45, 7) is 2.46. The van der Waals surface area contributed by atoms with Crippen LogP contribution in [-0.2, 0) is 13.0 Å². The Hall–Kier alpha value is -3.35. The molecule has 3 rings (SSSR count). The Kier molecular flexibility index (Phi) is 6.26. The van der Waals surface area contributed by atoms with Gasteiger partial charge in [-0.3, -0.25) is 4.79 Å². The van der Waals surface area contributed by atoms with Crippen LogP contribution >= 0.6 is 0 Å². The number of aryl methyl sites for hydroxylation is 1. The molecule has 5 nitrogen and oxygen atoms in total. The molecule has 0 aliphatic carbocycles. The van der Waals surface area contributed by atoms with Gasteiger partial charge in [0.2, 0.25) is 5.95 Å². The molecule has 0 aliphatic heterocycles. The number of carbonyl (C=O) groups is 1. The zero-order chi connectivity index (χ0) is 19.9. The van der Waals surface area contributed by atoms with Crippen LogP contribution in [-0.4, -0.2) is 22.4 Å². The molecule has 28 heavy (non-hydrogen) atoms. The molecule has 0 spiro atoms. The molecule has 0 aliphatic rings. The number of rotatable bonds is 7. The first-order valence-electron chi connectivity index (χ1n) is 8.87. The zero-order valence-electron chi connectivity index (χ0n) is 15.4.